The van der Waals surface area contributed by atoms with Crippen LogP contribution in [0, 0.1) is 6.92 Å². The average Bonchev–Trinajstić information content (AvgIpc) is 2.89. The third kappa shape index (κ3) is 3.13. The number of imidazole rings is 1. The van der Waals surface area contributed by atoms with E-state index in [0.29, 0.717) is 24.7 Å². The van der Waals surface area contributed by atoms with Gasteiger partial charge in [0.15, 0.2) is 5.65 Å². The molecule has 2 N–H and O–H groups in total. The fourth-order valence-corrected chi connectivity index (χ4v) is 2.09. The van der Waals surface area contributed by atoms with Crippen LogP contribution in [-0.2, 0) is 6.54 Å². The van der Waals surface area contributed by atoms with Crippen molar-refractivity contribution in [3.63, 3.8) is 0 Å². The van der Waals surface area contributed by atoms with Crippen LogP contribution >= 0.6 is 0 Å². The molecule has 2 heterocycles. The van der Waals surface area contributed by atoms with Gasteiger partial charge < -0.3 is 15.0 Å². The second-order valence-corrected chi connectivity index (χ2v) is 4.86. The van der Waals surface area contributed by atoms with Crippen molar-refractivity contribution < 1.29 is 4.74 Å². The third-order valence-corrected chi connectivity index (χ3v) is 3.17. The predicted octanol–water partition coefficient (Wildman–Crippen LogP) is 3.28. The maximum atomic E-state index is 5.38. The second-order valence-electron chi connectivity index (χ2n) is 4.86. The van der Waals surface area contributed by atoms with E-state index in [2.05, 4.69) is 51.5 Å². The van der Waals surface area contributed by atoms with Crippen molar-refractivity contribution in [3.05, 3.63) is 47.8 Å². The van der Waals surface area contributed by atoms with E-state index in [4.69, 9.17) is 4.74 Å². The smallest absolute Gasteiger partial charge is 0.215 e. The highest BCUT2D eigenvalue weighted by Gasteiger charge is 2.05. The Labute approximate surface area is 123 Å². The molecule has 0 saturated heterocycles. The zero-order chi connectivity index (χ0) is 14.7. The van der Waals surface area contributed by atoms with Crippen molar-refractivity contribution in [3.8, 4) is 5.88 Å². The maximum absolute atomic E-state index is 5.38. The molecule has 0 spiro atoms. The van der Waals surface area contributed by atoms with Crippen molar-refractivity contribution >= 4 is 16.9 Å². The quantitative estimate of drug-likeness (QED) is 0.754. The Morgan fingerprint density at radius 3 is 2.67 bits per heavy atom. The number of rotatable bonds is 5. The molecule has 108 valence electrons. The molecule has 0 atom stereocenters. The number of pyridine rings is 1. The number of benzene rings is 1. The number of ether oxygens (including phenoxy) is 1. The highest BCUT2D eigenvalue weighted by Crippen LogP contribution is 2.15. The van der Waals surface area contributed by atoms with E-state index in [0.717, 1.165) is 17.0 Å². The van der Waals surface area contributed by atoms with Crippen LogP contribution in [0.5, 0.6) is 5.88 Å². The molecule has 3 rings (SSSR count). The lowest BCUT2D eigenvalue weighted by molar-refractivity contribution is 0.328. The number of aryl methyl sites for hydroxylation is 1. The van der Waals surface area contributed by atoms with Gasteiger partial charge in [-0.05, 0) is 32.0 Å². The van der Waals surface area contributed by atoms with Gasteiger partial charge in [0, 0.05) is 11.8 Å². The summed E-state index contributed by atoms with van der Waals surface area (Å²) in [4.78, 5) is 12.1. The van der Waals surface area contributed by atoms with Gasteiger partial charge in [-0.25, -0.2) is 4.98 Å². The lowest BCUT2D eigenvalue weighted by Gasteiger charge is -2.04. The summed E-state index contributed by atoms with van der Waals surface area (Å²) in [6, 6.07) is 12.1. The summed E-state index contributed by atoms with van der Waals surface area (Å²) in [5.74, 6) is 1.46. The van der Waals surface area contributed by atoms with Crippen molar-refractivity contribution in [2.75, 3.05) is 11.9 Å². The average molecular weight is 282 g/mol. The summed E-state index contributed by atoms with van der Waals surface area (Å²) in [6.45, 7) is 5.24. The predicted molar refractivity (Wildman–Crippen MR) is 83.6 cm³/mol. The van der Waals surface area contributed by atoms with Gasteiger partial charge in [0.25, 0.3) is 0 Å². The van der Waals surface area contributed by atoms with Crippen molar-refractivity contribution in [1.29, 1.82) is 0 Å². The number of nitrogens with zero attached hydrogens (tertiary/aromatic N) is 2. The van der Waals surface area contributed by atoms with Gasteiger partial charge in [0.1, 0.15) is 5.82 Å². The van der Waals surface area contributed by atoms with Gasteiger partial charge in [-0.1, -0.05) is 17.7 Å². The molecule has 0 aliphatic rings. The molecule has 0 radical (unpaired) electrons. The molecule has 2 aromatic heterocycles. The summed E-state index contributed by atoms with van der Waals surface area (Å²) in [7, 11) is 0. The van der Waals surface area contributed by atoms with Gasteiger partial charge in [-0.2, -0.15) is 4.98 Å². The Balaban J connectivity index is 1.73. The van der Waals surface area contributed by atoms with Gasteiger partial charge in [-0.3, -0.25) is 0 Å². The van der Waals surface area contributed by atoms with Gasteiger partial charge in [0.2, 0.25) is 5.88 Å². The molecule has 21 heavy (non-hydrogen) atoms. The number of hydrogen-bond acceptors (Lipinski definition) is 4. The first-order valence-corrected chi connectivity index (χ1v) is 7.03. The minimum absolute atomic E-state index is 0.602. The minimum atomic E-state index is 0.602. The molecule has 0 fully saturated rings. The van der Waals surface area contributed by atoms with Gasteiger partial charge >= 0.3 is 0 Å². The monoisotopic (exact) mass is 282 g/mol. The third-order valence-electron chi connectivity index (χ3n) is 3.17. The largest absolute Gasteiger partial charge is 0.478 e. The Hall–Kier alpha value is -2.56. The van der Waals surface area contributed by atoms with Crippen LogP contribution in [0.15, 0.2) is 36.4 Å². The number of aromatic amines is 1. The minimum Gasteiger partial charge on any atom is -0.478 e. The Kier molecular flexibility index (Phi) is 3.73. The number of nitrogens with one attached hydrogen (secondary N) is 2. The maximum Gasteiger partial charge on any atom is 0.215 e. The normalized spacial score (nSPS) is 10.8. The fourth-order valence-electron chi connectivity index (χ4n) is 2.09. The fraction of sp³-hybridized carbons (Fsp3) is 0.250. The van der Waals surface area contributed by atoms with E-state index in [1.54, 1.807) is 0 Å². The number of hydrogen-bond donors (Lipinski definition) is 2. The molecule has 0 amide bonds. The van der Waals surface area contributed by atoms with Crippen molar-refractivity contribution in [2.45, 2.75) is 20.4 Å². The lowest BCUT2D eigenvalue weighted by Crippen LogP contribution is -2.00. The van der Waals surface area contributed by atoms with Crippen molar-refractivity contribution in [1.82, 2.24) is 15.0 Å². The molecule has 5 nitrogen and oxygen atoms in total. The molecular formula is C16H18N4O. The Bertz CT molecular complexity index is 734. The summed E-state index contributed by atoms with van der Waals surface area (Å²) >= 11 is 0. The molecule has 3 aromatic rings. The van der Waals surface area contributed by atoms with Crippen LogP contribution < -0.4 is 10.1 Å². The van der Waals surface area contributed by atoms with E-state index in [1.807, 2.05) is 19.1 Å². The first-order chi connectivity index (χ1) is 10.2. The highest BCUT2D eigenvalue weighted by atomic mass is 16.5. The number of fused-ring (bicyclic) bond motifs is 1. The van der Waals surface area contributed by atoms with Crippen molar-refractivity contribution in [2.24, 2.45) is 0 Å². The molecular weight excluding hydrogens is 264 g/mol. The van der Waals surface area contributed by atoms with E-state index in [-0.39, 0.29) is 0 Å². The molecule has 0 saturated carbocycles. The first-order valence-electron chi connectivity index (χ1n) is 7.03. The van der Waals surface area contributed by atoms with E-state index < -0.39 is 0 Å². The molecule has 0 aliphatic carbocycles. The topological polar surface area (TPSA) is 62.8 Å². The molecule has 0 unspecified atom stereocenters. The highest BCUT2D eigenvalue weighted by molar-refractivity contribution is 5.71. The summed E-state index contributed by atoms with van der Waals surface area (Å²) in [5, 5.41) is 3.34. The van der Waals surface area contributed by atoms with Gasteiger partial charge in [0.05, 0.1) is 18.7 Å². The van der Waals surface area contributed by atoms with Crippen LogP contribution in [0.1, 0.15) is 18.3 Å². The van der Waals surface area contributed by atoms with Crippen LogP contribution in [0.25, 0.3) is 11.2 Å². The van der Waals surface area contributed by atoms with Crippen LogP contribution in [0.4, 0.5) is 5.69 Å². The Morgan fingerprint density at radius 1 is 1.10 bits per heavy atom. The van der Waals surface area contributed by atoms with E-state index in [9.17, 15) is 0 Å². The van der Waals surface area contributed by atoms with E-state index in [1.165, 1.54) is 5.56 Å². The second kappa shape index (κ2) is 5.83. The lowest BCUT2D eigenvalue weighted by atomic mass is 10.2. The molecule has 5 heteroatoms. The standard InChI is InChI=1S/C16H18N4O/c1-3-21-15-9-8-13-16(20-15)19-14(18-13)10-17-12-6-4-11(2)5-7-12/h4-9,17H,3,10H2,1-2H3,(H,18,19,20). The van der Waals surface area contributed by atoms with Crippen LogP contribution in [0.3, 0.4) is 0 Å². The Morgan fingerprint density at radius 2 is 1.90 bits per heavy atom. The number of aromatic nitrogens is 3. The molecule has 0 aliphatic heterocycles. The number of H-pyrrole nitrogens is 1. The zero-order valence-corrected chi connectivity index (χ0v) is 12.2. The summed E-state index contributed by atoms with van der Waals surface area (Å²) in [6.07, 6.45) is 0. The molecule has 1 aromatic carbocycles. The SMILES string of the molecule is CCOc1ccc2[nH]c(CNc3ccc(C)cc3)nc2n1. The van der Waals surface area contributed by atoms with Crippen LogP contribution in [0.2, 0.25) is 0 Å². The van der Waals surface area contributed by atoms with Crippen LogP contribution in [-0.4, -0.2) is 21.6 Å². The summed E-state index contributed by atoms with van der Waals surface area (Å²) in [5.41, 5.74) is 3.92. The number of anilines is 1. The summed E-state index contributed by atoms with van der Waals surface area (Å²) < 4.78 is 5.38. The first kappa shape index (κ1) is 13.4. The van der Waals surface area contributed by atoms with E-state index >= 15 is 0 Å². The molecule has 0 bridgehead atoms. The zero-order valence-electron chi connectivity index (χ0n) is 12.2. The van der Waals surface area contributed by atoms with Gasteiger partial charge in [-0.15, -0.1) is 0 Å².